The van der Waals surface area contributed by atoms with E-state index < -0.39 is 16.1 Å². The van der Waals surface area contributed by atoms with E-state index in [0.717, 1.165) is 10.2 Å². The van der Waals surface area contributed by atoms with Gasteiger partial charge in [0.15, 0.2) is 5.13 Å². The SMILES string of the molecule is CCOC(=O)N1CCN(S(=O)(=O)c2ccc(C(=O)N(CCN(C)C)c3nc4ccc(Cl)cc4s3)cc2)CC1.[Cl-]. The number of rotatable bonds is 8. The van der Waals surface area contributed by atoms with Crippen molar-refractivity contribution in [1.29, 1.82) is 0 Å². The van der Waals surface area contributed by atoms with Gasteiger partial charge in [-0.3, -0.25) is 9.69 Å². The third-order valence-electron chi connectivity index (χ3n) is 6.09. The molecule has 0 atom stereocenters. The quantitative estimate of drug-likeness (QED) is 0.366. The summed E-state index contributed by atoms with van der Waals surface area (Å²) in [4.78, 5) is 35.3. The van der Waals surface area contributed by atoms with Crippen molar-refractivity contribution in [3.05, 3.63) is 53.1 Å². The lowest BCUT2D eigenvalue weighted by atomic mass is 10.2. The van der Waals surface area contributed by atoms with Gasteiger partial charge in [0, 0.05) is 49.9 Å². The zero-order valence-electron chi connectivity index (χ0n) is 21.8. The highest BCUT2D eigenvalue weighted by Crippen LogP contribution is 2.31. The summed E-state index contributed by atoms with van der Waals surface area (Å²) in [5, 5.41) is 1.14. The number of carbonyl (C=O) groups is 2. The summed E-state index contributed by atoms with van der Waals surface area (Å²) in [7, 11) is 0.0662. The number of amides is 2. The highest BCUT2D eigenvalue weighted by Gasteiger charge is 2.31. The second kappa shape index (κ2) is 13.2. The molecular formula is C25H30Cl2N5O5S2-. The van der Waals surface area contributed by atoms with Crippen LogP contribution in [0.2, 0.25) is 5.02 Å². The van der Waals surface area contributed by atoms with Gasteiger partial charge in [-0.1, -0.05) is 22.9 Å². The molecule has 0 spiro atoms. The Labute approximate surface area is 243 Å². The summed E-state index contributed by atoms with van der Waals surface area (Å²) >= 11 is 7.50. The number of thiazole rings is 1. The minimum Gasteiger partial charge on any atom is -1.00 e. The van der Waals surface area contributed by atoms with Gasteiger partial charge in [0.05, 0.1) is 21.7 Å². The lowest BCUT2D eigenvalue weighted by Gasteiger charge is -2.33. The summed E-state index contributed by atoms with van der Waals surface area (Å²) in [6, 6.07) is 11.3. The normalized spacial score (nSPS) is 14.3. The third-order valence-corrected chi connectivity index (χ3v) is 9.28. The number of hydrogen-bond acceptors (Lipinski definition) is 8. The summed E-state index contributed by atoms with van der Waals surface area (Å²) in [6.07, 6.45) is -0.442. The molecule has 39 heavy (non-hydrogen) atoms. The van der Waals surface area contributed by atoms with Crippen molar-refractivity contribution in [2.75, 3.05) is 64.9 Å². The Hall–Kier alpha value is -2.48. The molecule has 1 aliphatic heterocycles. The lowest BCUT2D eigenvalue weighted by Crippen LogP contribution is -3.00. The van der Waals surface area contributed by atoms with Crippen LogP contribution in [-0.4, -0.2) is 99.5 Å². The first-order valence-corrected chi connectivity index (χ1v) is 14.8. The molecule has 1 aromatic heterocycles. The van der Waals surface area contributed by atoms with Crippen molar-refractivity contribution in [2.24, 2.45) is 0 Å². The number of ether oxygens (including phenoxy) is 1. The van der Waals surface area contributed by atoms with E-state index in [-0.39, 0.29) is 56.0 Å². The van der Waals surface area contributed by atoms with Gasteiger partial charge in [0.2, 0.25) is 10.0 Å². The highest BCUT2D eigenvalue weighted by molar-refractivity contribution is 7.89. The molecule has 0 aliphatic carbocycles. The van der Waals surface area contributed by atoms with Gasteiger partial charge < -0.3 is 26.9 Å². The number of halogens is 2. The maximum Gasteiger partial charge on any atom is 0.409 e. The molecule has 0 saturated carbocycles. The van der Waals surface area contributed by atoms with Crippen LogP contribution in [0, 0.1) is 0 Å². The van der Waals surface area contributed by atoms with Crippen LogP contribution < -0.4 is 17.3 Å². The molecule has 0 radical (unpaired) electrons. The van der Waals surface area contributed by atoms with Crippen LogP contribution in [0.1, 0.15) is 17.3 Å². The van der Waals surface area contributed by atoms with E-state index in [2.05, 4.69) is 4.98 Å². The molecule has 14 heteroatoms. The Bertz CT molecular complexity index is 1410. The van der Waals surface area contributed by atoms with Crippen molar-refractivity contribution < 1.29 is 35.2 Å². The topological polar surface area (TPSA) is 103 Å². The third kappa shape index (κ3) is 7.19. The number of sulfonamides is 1. The molecule has 1 aliphatic rings. The number of aromatic nitrogens is 1. The van der Waals surface area contributed by atoms with Gasteiger partial charge in [-0.15, -0.1) is 0 Å². The average Bonchev–Trinajstić information content (AvgIpc) is 3.31. The Morgan fingerprint density at radius 1 is 1.05 bits per heavy atom. The predicted molar refractivity (Wildman–Crippen MR) is 149 cm³/mol. The largest absolute Gasteiger partial charge is 1.00 e. The molecule has 212 valence electrons. The first-order valence-electron chi connectivity index (χ1n) is 12.1. The van der Waals surface area contributed by atoms with E-state index in [1.54, 1.807) is 17.9 Å². The van der Waals surface area contributed by atoms with Gasteiger partial charge in [-0.2, -0.15) is 4.31 Å². The van der Waals surface area contributed by atoms with Crippen molar-refractivity contribution in [2.45, 2.75) is 11.8 Å². The molecule has 1 fully saturated rings. The Morgan fingerprint density at radius 2 is 1.72 bits per heavy atom. The Kier molecular flexibility index (Phi) is 10.5. The van der Waals surface area contributed by atoms with Crippen LogP contribution >= 0.6 is 22.9 Å². The van der Waals surface area contributed by atoms with Gasteiger partial charge in [-0.25, -0.2) is 18.2 Å². The minimum atomic E-state index is -3.78. The molecule has 0 N–H and O–H groups in total. The summed E-state index contributed by atoms with van der Waals surface area (Å²) in [5.41, 5.74) is 1.11. The average molecular weight is 616 g/mol. The highest BCUT2D eigenvalue weighted by atomic mass is 35.5. The molecule has 0 bridgehead atoms. The fourth-order valence-corrected chi connectivity index (χ4v) is 6.67. The molecular weight excluding hydrogens is 585 g/mol. The van der Waals surface area contributed by atoms with Crippen LogP contribution in [0.5, 0.6) is 0 Å². The smallest absolute Gasteiger partial charge is 0.409 e. The molecule has 2 aromatic carbocycles. The number of benzene rings is 2. The monoisotopic (exact) mass is 614 g/mol. The van der Waals surface area contributed by atoms with Gasteiger partial charge in [0.25, 0.3) is 5.91 Å². The standard InChI is InChI=1S/C25H30ClN5O5S2.ClH/c1-4-36-25(33)29-12-14-30(15-13-29)38(34,35)20-8-5-18(6-9-20)23(32)31(16-11-28(2)3)24-27-21-10-7-19(26)17-22(21)37-24;/h5-10,17H,4,11-16H2,1-3H3;1H/p-1. The maximum absolute atomic E-state index is 13.6. The summed E-state index contributed by atoms with van der Waals surface area (Å²) in [6.45, 7) is 3.86. The first kappa shape index (κ1) is 31.1. The zero-order valence-corrected chi connectivity index (χ0v) is 25.0. The van der Waals surface area contributed by atoms with E-state index in [1.807, 2.05) is 31.1 Å². The predicted octanol–water partition coefficient (Wildman–Crippen LogP) is 0.625. The molecule has 10 nitrogen and oxygen atoms in total. The number of likely N-dealkylation sites (N-methyl/N-ethyl adjacent to an activating group) is 1. The number of hydrogen-bond donors (Lipinski definition) is 0. The van der Waals surface area contributed by atoms with Crippen molar-refractivity contribution in [3.8, 4) is 0 Å². The molecule has 2 amide bonds. The van der Waals surface area contributed by atoms with Crippen LogP contribution in [-0.2, 0) is 14.8 Å². The summed E-state index contributed by atoms with van der Waals surface area (Å²) < 4.78 is 33.6. The lowest BCUT2D eigenvalue weighted by molar-refractivity contribution is -0.0000249. The maximum atomic E-state index is 13.6. The van der Waals surface area contributed by atoms with E-state index in [0.29, 0.717) is 28.8 Å². The van der Waals surface area contributed by atoms with Crippen molar-refractivity contribution >= 4 is 60.3 Å². The minimum absolute atomic E-state index is 0. The number of nitrogens with zero attached hydrogens (tertiary/aromatic N) is 5. The number of fused-ring (bicyclic) bond motifs is 1. The molecule has 0 unspecified atom stereocenters. The second-order valence-electron chi connectivity index (χ2n) is 8.98. The van der Waals surface area contributed by atoms with E-state index >= 15 is 0 Å². The van der Waals surface area contributed by atoms with Crippen molar-refractivity contribution in [1.82, 2.24) is 19.1 Å². The van der Waals surface area contributed by atoms with E-state index in [9.17, 15) is 18.0 Å². The Morgan fingerprint density at radius 3 is 2.33 bits per heavy atom. The van der Waals surface area contributed by atoms with Crippen LogP contribution in [0.3, 0.4) is 0 Å². The molecule has 4 rings (SSSR count). The first-order chi connectivity index (χ1) is 18.1. The van der Waals surface area contributed by atoms with Crippen LogP contribution in [0.4, 0.5) is 9.93 Å². The molecule has 2 heterocycles. The van der Waals surface area contributed by atoms with Gasteiger partial charge in [-0.05, 0) is 63.5 Å². The second-order valence-corrected chi connectivity index (χ2v) is 12.4. The van der Waals surface area contributed by atoms with E-state index in [1.165, 1.54) is 44.8 Å². The fourth-order valence-electron chi connectivity index (χ4n) is 3.99. The van der Waals surface area contributed by atoms with Gasteiger partial charge in [0.1, 0.15) is 0 Å². The number of carbonyl (C=O) groups excluding carboxylic acids is 2. The van der Waals surface area contributed by atoms with Gasteiger partial charge >= 0.3 is 6.09 Å². The van der Waals surface area contributed by atoms with Crippen LogP contribution in [0.25, 0.3) is 10.2 Å². The summed E-state index contributed by atoms with van der Waals surface area (Å²) in [5.74, 6) is -0.274. The van der Waals surface area contributed by atoms with Crippen LogP contribution in [0.15, 0.2) is 47.4 Å². The molecule has 3 aromatic rings. The Balaban J connectivity index is 0.00000420. The molecule has 1 saturated heterocycles. The fraction of sp³-hybridized carbons (Fsp3) is 0.400. The zero-order chi connectivity index (χ0) is 27.4. The van der Waals surface area contributed by atoms with Crippen molar-refractivity contribution in [3.63, 3.8) is 0 Å². The van der Waals surface area contributed by atoms with E-state index in [4.69, 9.17) is 16.3 Å². The number of anilines is 1. The number of piperazine rings is 1.